The van der Waals surface area contributed by atoms with Crippen LogP contribution in [0, 0.1) is 5.41 Å². The average molecular weight is 486 g/mol. The molecular formula is C24H33Cl2NO5. The van der Waals surface area contributed by atoms with Gasteiger partial charge in [-0.3, -0.25) is 4.79 Å². The summed E-state index contributed by atoms with van der Waals surface area (Å²) in [6.45, 7) is 7.72. The van der Waals surface area contributed by atoms with Crippen LogP contribution in [0.15, 0.2) is 18.2 Å². The third-order valence-electron chi connectivity index (χ3n) is 7.44. The maximum atomic E-state index is 12.7. The molecule has 1 spiro atoms. The van der Waals surface area contributed by atoms with Gasteiger partial charge in [0.15, 0.2) is 6.61 Å². The Labute approximate surface area is 200 Å². The fraction of sp³-hybridized carbons (Fsp3) is 0.708. The number of ether oxygens (including phenoxy) is 3. The summed E-state index contributed by atoms with van der Waals surface area (Å²) in [4.78, 5) is 14.5. The number of piperidine rings is 1. The van der Waals surface area contributed by atoms with Crippen LogP contribution in [0.5, 0.6) is 5.75 Å². The van der Waals surface area contributed by atoms with E-state index >= 15 is 0 Å². The molecule has 178 valence electrons. The molecule has 3 saturated heterocycles. The predicted octanol–water partition coefficient (Wildman–Crippen LogP) is 4.48. The standard InChI is InChI=1S/C24H33Cl2NO5/c1-22(2,29)18-7-8-23(3,32-18)19-13-24(15-31-19)9-11-27(12-10-24)20(28)14-30-17-6-4-5-16(25)21(17)26/h4-6,18-19,29H,7-15H2,1-3H3/t18-,19-,23+/m0/s1. The number of amides is 1. The lowest BCUT2D eigenvalue weighted by Crippen LogP contribution is -2.46. The van der Waals surface area contributed by atoms with Crippen LogP contribution in [-0.4, -0.2) is 65.6 Å². The number of nitrogens with zero attached hydrogens (tertiary/aromatic N) is 1. The van der Waals surface area contributed by atoms with Gasteiger partial charge in [-0.2, -0.15) is 0 Å². The minimum atomic E-state index is -0.850. The summed E-state index contributed by atoms with van der Waals surface area (Å²) >= 11 is 12.1. The first-order valence-corrected chi connectivity index (χ1v) is 12.1. The van der Waals surface area contributed by atoms with E-state index < -0.39 is 5.60 Å². The second-order valence-corrected chi connectivity index (χ2v) is 11.1. The quantitative estimate of drug-likeness (QED) is 0.665. The second kappa shape index (κ2) is 8.95. The van der Waals surface area contributed by atoms with Gasteiger partial charge in [-0.1, -0.05) is 29.3 Å². The predicted molar refractivity (Wildman–Crippen MR) is 123 cm³/mol. The Hall–Kier alpha value is -1.05. The summed E-state index contributed by atoms with van der Waals surface area (Å²) in [5, 5.41) is 11.1. The SMILES string of the molecule is CC(C)(O)[C@@H]1CC[C@](C)([C@@H]2CC3(CCN(C(=O)COc4cccc(Cl)c4Cl)CC3)CO2)O1. The molecule has 1 aromatic rings. The smallest absolute Gasteiger partial charge is 0.260 e. The number of aliphatic hydroxyl groups is 1. The normalized spacial score (nSPS) is 30.1. The molecule has 8 heteroatoms. The fourth-order valence-corrected chi connectivity index (χ4v) is 5.53. The largest absolute Gasteiger partial charge is 0.482 e. The summed E-state index contributed by atoms with van der Waals surface area (Å²) in [5.74, 6) is 0.368. The van der Waals surface area contributed by atoms with Gasteiger partial charge in [-0.05, 0) is 70.4 Å². The van der Waals surface area contributed by atoms with Crippen molar-refractivity contribution >= 4 is 29.1 Å². The molecule has 0 radical (unpaired) electrons. The Kier molecular flexibility index (Phi) is 6.74. The molecule has 0 saturated carbocycles. The molecule has 0 aromatic heterocycles. The van der Waals surface area contributed by atoms with Crippen LogP contribution in [0.2, 0.25) is 10.0 Å². The number of hydrogen-bond acceptors (Lipinski definition) is 5. The van der Waals surface area contributed by atoms with Gasteiger partial charge >= 0.3 is 0 Å². The zero-order valence-corrected chi connectivity index (χ0v) is 20.5. The van der Waals surface area contributed by atoms with Gasteiger partial charge in [-0.15, -0.1) is 0 Å². The Morgan fingerprint density at radius 2 is 2.00 bits per heavy atom. The van der Waals surface area contributed by atoms with E-state index in [9.17, 15) is 9.90 Å². The lowest BCUT2D eigenvalue weighted by atomic mass is 9.74. The van der Waals surface area contributed by atoms with E-state index in [0.29, 0.717) is 35.5 Å². The van der Waals surface area contributed by atoms with Crippen LogP contribution >= 0.6 is 23.2 Å². The fourth-order valence-electron chi connectivity index (χ4n) is 5.18. The number of carbonyl (C=O) groups excluding carboxylic acids is 1. The Balaban J connectivity index is 1.28. The van der Waals surface area contributed by atoms with E-state index in [0.717, 1.165) is 32.1 Å². The average Bonchev–Trinajstić information content (AvgIpc) is 3.35. The molecule has 4 rings (SSSR count). The summed E-state index contributed by atoms with van der Waals surface area (Å²) in [7, 11) is 0. The van der Waals surface area contributed by atoms with Crippen molar-refractivity contribution in [3.05, 3.63) is 28.2 Å². The highest BCUT2D eigenvalue weighted by Crippen LogP contribution is 2.49. The summed E-state index contributed by atoms with van der Waals surface area (Å²) in [5.41, 5.74) is -1.14. The van der Waals surface area contributed by atoms with E-state index in [4.69, 9.17) is 37.4 Å². The molecule has 3 heterocycles. The number of hydrogen-bond donors (Lipinski definition) is 1. The molecule has 1 amide bonds. The highest BCUT2D eigenvalue weighted by molar-refractivity contribution is 6.42. The van der Waals surface area contributed by atoms with Crippen molar-refractivity contribution in [2.24, 2.45) is 5.41 Å². The number of halogens is 2. The van der Waals surface area contributed by atoms with Crippen molar-refractivity contribution in [2.75, 3.05) is 26.3 Å². The maximum absolute atomic E-state index is 12.7. The zero-order valence-electron chi connectivity index (χ0n) is 19.0. The molecule has 3 atom stereocenters. The van der Waals surface area contributed by atoms with Gasteiger partial charge < -0.3 is 24.2 Å². The van der Waals surface area contributed by atoms with Crippen LogP contribution in [0.1, 0.15) is 52.9 Å². The minimum Gasteiger partial charge on any atom is -0.482 e. The van der Waals surface area contributed by atoms with E-state index in [1.54, 1.807) is 32.0 Å². The lowest BCUT2D eigenvalue weighted by Gasteiger charge is -2.39. The molecule has 1 aromatic carbocycles. The maximum Gasteiger partial charge on any atom is 0.260 e. The van der Waals surface area contributed by atoms with Gasteiger partial charge in [0.2, 0.25) is 0 Å². The van der Waals surface area contributed by atoms with Crippen molar-refractivity contribution in [3.63, 3.8) is 0 Å². The molecule has 0 aliphatic carbocycles. The zero-order chi connectivity index (χ0) is 23.1. The van der Waals surface area contributed by atoms with Crippen molar-refractivity contribution in [2.45, 2.75) is 76.3 Å². The first-order chi connectivity index (χ1) is 15.0. The molecule has 0 bridgehead atoms. The Morgan fingerprint density at radius 1 is 1.28 bits per heavy atom. The van der Waals surface area contributed by atoms with Crippen LogP contribution in [-0.2, 0) is 14.3 Å². The number of benzene rings is 1. The van der Waals surface area contributed by atoms with E-state index in [1.807, 2.05) is 4.90 Å². The first-order valence-electron chi connectivity index (χ1n) is 11.4. The molecule has 32 heavy (non-hydrogen) atoms. The van der Waals surface area contributed by atoms with Gasteiger partial charge in [0.05, 0.1) is 35.0 Å². The van der Waals surface area contributed by atoms with Crippen LogP contribution in [0.3, 0.4) is 0 Å². The third-order valence-corrected chi connectivity index (χ3v) is 8.24. The van der Waals surface area contributed by atoms with Crippen molar-refractivity contribution < 1.29 is 24.1 Å². The Bertz CT molecular complexity index is 849. The van der Waals surface area contributed by atoms with Crippen molar-refractivity contribution in [1.29, 1.82) is 0 Å². The van der Waals surface area contributed by atoms with Crippen LogP contribution in [0.25, 0.3) is 0 Å². The van der Waals surface area contributed by atoms with E-state index in [-0.39, 0.29) is 35.7 Å². The molecule has 3 fully saturated rings. The summed E-state index contributed by atoms with van der Waals surface area (Å²) in [6.07, 6.45) is 4.31. The lowest BCUT2D eigenvalue weighted by molar-refractivity contribution is -0.155. The second-order valence-electron chi connectivity index (χ2n) is 10.3. The van der Waals surface area contributed by atoms with Gasteiger partial charge in [0.25, 0.3) is 5.91 Å². The summed E-state index contributed by atoms with van der Waals surface area (Å²) in [6, 6.07) is 5.13. The van der Waals surface area contributed by atoms with Crippen molar-refractivity contribution in [3.8, 4) is 5.75 Å². The van der Waals surface area contributed by atoms with Gasteiger partial charge in [0.1, 0.15) is 10.8 Å². The molecule has 1 N–H and O–H groups in total. The number of carbonyl (C=O) groups is 1. The Morgan fingerprint density at radius 3 is 2.66 bits per heavy atom. The number of likely N-dealkylation sites (tertiary alicyclic amines) is 1. The molecular weight excluding hydrogens is 453 g/mol. The number of rotatable bonds is 5. The summed E-state index contributed by atoms with van der Waals surface area (Å²) < 4.78 is 18.2. The first kappa shape index (κ1) is 24.1. The van der Waals surface area contributed by atoms with Crippen LogP contribution in [0.4, 0.5) is 0 Å². The van der Waals surface area contributed by atoms with Crippen LogP contribution < -0.4 is 4.74 Å². The van der Waals surface area contributed by atoms with Gasteiger partial charge in [-0.25, -0.2) is 0 Å². The molecule has 0 unspecified atom stereocenters. The molecule has 6 nitrogen and oxygen atoms in total. The van der Waals surface area contributed by atoms with E-state index in [2.05, 4.69) is 6.92 Å². The monoisotopic (exact) mass is 485 g/mol. The third kappa shape index (κ3) is 4.90. The minimum absolute atomic E-state index is 0.0189. The van der Waals surface area contributed by atoms with Crippen molar-refractivity contribution in [1.82, 2.24) is 4.90 Å². The molecule has 3 aliphatic rings. The van der Waals surface area contributed by atoms with E-state index in [1.165, 1.54) is 0 Å². The topological polar surface area (TPSA) is 68.2 Å². The molecule has 3 aliphatic heterocycles. The highest BCUT2D eigenvalue weighted by atomic mass is 35.5. The van der Waals surface area contributed by atoms with Gasteiger partial charge in [0, 0.05) is 13.1 Å². The highest BCUT2D eigenvalue weighted by Gasteiger charge is 2.53.